The summed E-state index contributed by atoms with van der Waals surface area (Å²) in [6, 6.07) is 9.31. The second kappa shape index (κ2) is 6.36. The third-order valence-electron chi connectivity index (χ3n) is 2.99. The molecule has 0 saturated carbocycles. The van der Waals surface area contributed by atoms with Crippen LogP contribution in [0.3, 0.4) is 0 Å². The van der Waals surface area contributed by atoms with Crippen molar-refractivity contribution in [3.63, 3.8) is 0 Å². The maximum atomic E-state index is 12.9. The van der Waals surface area contributed by atoms with E-state index in [1.807, 2.05) is 0 Å². The van der Waals surface area contributed by atoms with Crippen molar-refractivity contribution in [3.05, 3.63) is 66.1 Å². The normalized spacial score (nSPS) is 10.6. The van der Waals surface area contributed by atoms with E-state index in [1.54, 1.807) is 24.3 Å². The summed E-state index contributed by atoms with van der Waals surface area (Å²) in [5, 5.41) is 8.92. The number of pyridine rings is 1. The van der Waals surface area contributed by atoms with Gasteiger partial charge in [-0.05, 0) is 36.4 Å². The number of aliphatic hydroxyl groups is 1. The van der Waals surface area contributed by atoms with Gasteiger partial charge in [-0.2, -0.15) is 0 Å². The first-order valence-electron chi connectivity index (χ1n) is 6.63. The van der Waals surface area contributed by atoms with Gasteiger partial charge in [-0.25, -0.2) is 9.37 Å². The van der Waals surface area contributed by atoms with Crippen molar-refractivity contribution in [2.45, 2.75) is 13.2 Å². The van der Waals surface area contributed by atoms with Gasteiger partial charge in [-0.3, -0.25) is 4.98 Å². The lowest BCUT2D eigenvalue weighted by Gasteiger charge is -2.03. The van der Waals surface area contributed by atoms with Crippen LogP contribution in [0, 0.1) is 5.82 Å². The molecule has 5 nitrogen and oxygen atoms in total. The predicted molar refractivity (Wildman–Crippen MR) is 76.4 cm³/mol. The lowest BCUT2D eigenvalue weighted by atomic mass is 10.2. The number of hydrogen-bond acceptors (Lipinski definition) is 5. The second-order valence-electron chi connectivity index (χ2n) is 4.58. The zero-order valence-corrected chi connectivity index (χ0v) is 11.6. The minimum absolute atomic E-state index is 0.107. The first-order valence-corrected chi connectivity index (χ1v) is 6.63. The average Bonchev–Trinajstić information content (AvgIpc) is 3.03. The molecular formula is C16H13FN2O3. The highest BCUT2D eigenvalue weighted by molar-refractivity contribution is 5.52. The molecule has 0 saturated heterocycles. The molecule has 6 heteroatoms. The summed E-state index contributed by atoms with van der Waals surface area (Å²) in [7, 11) is 0. The van der Waals surface area contributed by atoms with Gasteiger partial charge >= 0.3 is 0 Å². The van der Waals surface area contributed by atoms with Crippen molar-refractivity contribution in [1.82, 2.24) is 9.97 Å². The van der Waals surface area contributed by atoms with Crippen LogP contribution in [-0.2, 0) is 13.2 Å². The molecule has 0 aliphatic heterocycles. The minimum Gasteiger partial charge on any atom is -0.486 e. The van der Waals surface area contributed by atoms with E-state index in [4.69, 9.17) is 14.3 Å². The first-order chi connectivity index (χ1) is 10.7. The van der Waals surface area contributed by atoms with Gasteiger partial charge in [0.05, 0.1) is 18.5 Å². The number of halogens is 1. The Bertz CT molecular complexity index is 739. The Kier molecular flexibility index (Phi) is 4.11. The van der Waals surface area contributed by atoms with Crippen molar-refractivity contribution in [2.24, 2.45) is 0 Å². The van der Waals surface area contributed by atoms with E-state index in [9.17, 15) is 4.39 Å². The van der Waals surface area contributed by atoms with Crippen LogP contribution < -0.4 is 4.74 Å². The minimum atomic E-state index is -0.308. The summed E-state index contributed by atoms with van der Waals surface area (Å²) in [5.74, 6) is 0.675. The van der Waals surface area contributed by atoms with Gasteiger partial charge in [0.2, 0.25) is 5.89 Å². The predicted octanol–water partition coefficient (Wildman–Crippen LogP) is 2.95. The Morgan fingerprint density at radius 2 is 1.91 bits per heavy atom. The lowest BCUT2D eigenvalue weighted by molar-refractivity contribution is 0.274. The number of aliphatic hydroxyl groups excluding tert-OH is 1. The van der Waals surface area contributed by atoms with Crippen LogP contribution in [0.25, 0.3) is 11.5 Å². The topological polar surface area (TPSA) is 68.4 Å². The smallest absolute Gasteiger partial charge is 0.226 e. The summed E-state index contributed by atoms with van der Waals surface area (Å²) < 4.78 is 23.8. The summed E-state index contributed by atoms with van der Waals surface area (Å²) in [6.45, 7) is 0.120. The van der Waals surface area contributed by atoms with Crippen LogP contribution in [-0.4, -0.2) is 15.1 Å². The molecule has 0 amide bonds. The third-order valence-corrected chi connectivity index (χ3v) is 2.99. The van der Waals surface area contributed by atoms with Gasteiger partial charge in [0.25, 0.3) is 0 Å². The fraction of sp³-hybridized carbons (Fsp3) is 0.125. The van der Waals surface area contributed by atoms with Gasteiger partial charge < -0.3 is 14.3 Å². The van der Waals surface area contributed by atoms with E-state index in [1.165, 1.54) is 24.6 Å². The molecule has 3 aromatic rings. The molecule has 1 N–H and O–H groups in total. The zero-order valence-electron chi connectivity index (χ0n) is 11.6. The number of rotatable bonds is 5. The van der Waals surface area contributed by atoms with E-state index in [0.717, 1.165) is 0 Å². The maximum absolute atomic E-state index is 12.9. The molecule has 112 valence electrons. The van der Waals surface area contributed by atoms with Crippen LogP contribution in [0.2, 0.25) is 0 Å². The Morgan fingerprint density at radius 3 is 2.59 bits per heavy atom. The molecule has 3 rings (SSSR count). The molecule has 0 bridgehead atoms. The summed E-state index contributed by atoms with van der Waals surface area (Å²) in [6.07, 6.45) is 3.03. The highest BCUT2D eigenvalue weighted by Crippen LogP contribution is 2.20. The van der Waals surface area contributed by atoms with Gasteiger partial charge in [0.15, 0.2) is 0 Å². The van der Waals surface area contributed by atoms with Gasteiger partial charge in [0, 0.05) is 5.56 Å². The van der Waals surface area contributed by atoms with Crippen molar-refractivity contribution in [2.75, 3.05) is 0 Å². The Morgan fingerprint density at radius 1 is 1.09 bits per heavy atom. The molecule has 0 unspecified atom stereocenters. The number of hydrogen-bond donors (Lipinski definition) is 1. The van der Waals surface area contributed by atoms with Crippen molar-refractivity contribution >= 4 is 0 Å². The highest BCUT2D eigenvalue weighted by atomic mass is 19.1. The summed E-state index contributed by atoms with van der Waals surface area (Å²) in [4.78, 5) is 8.30. The molecule has 0 fully saturated rings. The van der Waals surface area contributed by atoms with Crippen molar-refractivity contribution in [3.8, 4) is 17.2 Å². The van der Waals surface area contributed by atoms with Crippen molar-refractivity contribution < 1.29 is 18.7 Å². The molecule has 0 aliphatic rings. The fourth-order valence-electron chi connectivity index (χ4n) is 1.85. The molecule has 0 spiro atoms. The fourth-order valence-corrected chi connectivity index (χ4v) is 1.85. The standard InChI is InChI=1S/C16H13FN2O3/c17-12-3-1-11(2-4-12)16-19-14(10-22-16)9-21-15-6-5-13(8-20)18-7-15/h1-7,10,20H,8-9H2. The molecule has 0 atom stereocenters. The number of nitrogens with zero attached hydrogens (tertiary/aromatic N) is 2. The maximum Gasteiger partial charge on any atom is 0.226 e. The first kappa shape index (κ1) is 14.2. The van der Waals surface area contributed by atoms with E-state index in [-0.39, 0.29) is 19.0 Å². The van der Waals surface area contributed by atoms with Crippen molar-refractivity contribution in [1.29, 1.82) is 0 Å². The van der Waals surface area contributed by atoms with Gasteiger partial charge in [-0.15, -0.1) is 0 Å². The number of oxazole rings is 1. The highest BCUT2D eigenvalue weighted by Gasteiger charge is 2.07. The second-order valence-corrected chi connectivity index (χ2v) is 4.58. The van der Waals surface area contributed by atoms with Crippen LogP contribution in [0.15, 0.2) is 53.3 Å². The number of aromatic nitrogens is 2. The molecule has 2 aromatic heterocycles. The Labute approximate surface area is 126 Å². The molecule has 1 aromatic carbocycles. The quantitative estimate of drug-likeness (QED) is 0.784. The molecule has 2 heterocycles. The van der Waals surface area contributed by atoms with Crippen LogP contribution in [0.5, 0.6) is 5.75 Å². The molecule has 22 heavy (non-hydrogen) atoms. The van der Waals surface area contributed by atoms with E-state index in [2.05, 4.69) is 9.97 Å². The average molecular weight is 300 g/mol. The van der Waals surface area contributed by atoms with E-state index < -0.39 is 0 Å². The van der Waals surface area contributed by atoms with Crippen LogP contribution in [0.4, 0.5) is 4.39 Å². The number of benzene rings is 1. The molecular weight excluding hydrogens is 287 g/mol. The summed E-state index contributed by atoms with van der Waals surface area (Å²) in [5.41, 5.74) is 1.89. The molecule has 0 aliphatic carbocycles. The zero-order chi connectivity index (χ0) is 15.4. The van der Waals surface area contributed by atoms with E-state index >= 15 is 0 Å². The largest absolute Gasteiger partial charge is 0.486 e. The lowest BCUT2D eigenvalue weighted by Crippen LogP contribution is -1.97. The van der Waals surface area contributed by atoms with Gasteiger partial charge in [0.1, 0.15) is 30.1 Å². The SMILES string of the molecule is OCc1ccc(OCc2coc(-c3ccc(F)cc3)n2)cn1. The third kappa shape index (κ3) is 3.29. The Balaban J connectivity index is 1.65. The van der Waals surface area contributed by atoms with Gasteiger partial charge in [-0.1, -0.05) is 0 Å². The van der Waals surface area contributed by atoms with E-state index in [0.29, 0.717) is 28.6 Å². The Hall–Kier alpha value is -2.73. The summed E-state index contributed by atoms with van der Waals surface area (Å²) >= 11 is 0. The van der Waals surface area contributed by atoms with Crippen LogP contribution in [0.1, 0.15) is 11.4 Å². The number of ether oxygens (including phenoxy) is 1. The van der Waals surface area contributed by atoms with Crippen LogP contribution >= 0.6 is 0 Å². The molecule has 0 radical (unpaired) electrons. The monoisotopic (exact) mass is 300 g/mol.